The van der Waals surface area contributed by atoms with E-state index in [0.717, 1.165) is 23.0 Å². The normalized spacial score (nSPS) is 15.4. The fourth-order valence-corrected chi connectivity index (χ4v) is 3.59. The summed E-state index contributed by atoms with van der Waals surface area (Å²) in [5.41, 5.74) is 3.80. The molecule has 1 aromatic carbocycles. The molecule has 142 valence electrons. The lowest BCUT2D eigenvalue weighted by molar-refractivity contribution is -0.149. The van der Waals surface area contributed by atoms with Gasteiger partial charge in [0.1, 0.15) is 11.4 Å². The van der Waals surface area contributed by atoms with Gasteiger partial charge >= 0.3 is 11.7 Å². The van der Waals surface area contributed by atoms with Crippen molar-refractivity contribution in [2.24, 2.45) is 7.05 Å². The van der Waals surface area contributed by atoms with Crippen molar-refractivity contribution >= 4 is 17.6 Å². The number of hydrogen-bond donors (Lipinski definition) is 2. The zero-order valence-corrected chi connectivity index (χ0v) is 15.0. The molecule has 8 heteroatoms. The molecule has 8 nitrogen and oxygen atoms in total. The molecular weight excluding hydrogens is 350 g/mol. The maximum Gasteiger partial charge on any atom is 0.329 e. The first-order chi connectivity index (χ1) is 12.9. The van der Waals surface area contributed by atoms with Crippen LogP contribution in [0.1, 0.15) is 41.6 Å². The van der Waals surface area contributed by atoms with Crippen molar-refractivity contribution in [1.82, 2.24) is 9.55 Å². The summed E-state index contributed by atoms with van der Waals surface area (Å²) >= 11 is 0. The zero-order valence-electron chi connectivity index (χ0n) is 15.0. The summed E-state index contributed by atoms with van der Waals surface area (Å²) < 4.78 is 6.25. The Kier molecular flexibility index (Phi) is 4.98. The first-order valence-corrected chi connectivity index (χ1v) is 8.71. The molecule has 0 aliphatic heterocycles. The topological polar surface area (TPSA) is 124 Å². The second-order valence-corrected chi connectivity index (χ2v) is 6.73. The standard InChI is InChI=1S/C19H21N3O5/c1-22-15(20)14(16(24)21-18(22)26)13(23)11-27-17(25)19(9-5-6-10-19)12-7-3-2-4-8-12/h2-4,7-8H,5-6,9-11,20H2,1H3,(H,21,24,26). The second-order valence-electron chi connectivity index (χ2n) is 6.73. The average molecular weight is 371 g/mol. The van der Waals surface area contributed by atoms with E-state index in [4.69, 9.17) is 10.5 Å². The number of aromatic amines is 1. The molecule has 0 unspecified atom stereocenters. The Morgan fingerprint density at radius 1 is 1.19 bits per heavy atom. The molecular formula is C19H21N3O5. The number of rotatable bonds is 5. The first-order valence-electron chi connectivity index (χ1n) is 8.71. The Hall–Kier alpha value is -3.16. The number of carbonyl (C=O) groups excluding carboxylic acids is 2. The highest BCUT2D eigenvalue weighted by atomic mass is 16.5. The highest BCUT2D eigenvalue weighted by Gasteiger charge is 2.44. The minimum absolute atomic E-state index is 0.261. The number of nitrogen functional groups attached to an aromatic ring is 1. The molecule has 0 atom stereocenters. The van der Waals surface area contributed by atoms with Gasteiger partial charge in [-0.15, -0.1) is 0 Å². The molecule has 1 saturated carbocycles. The fraction of sp³-hybridized carbons (Fsp3) is 0.368. The molecule has 27 heavy (non-hydrogen) atoms. The molecule has 1 aliphatic carbocycles. The van der Waals surface area contributed by atoms with Gasteiger partial charge in [0, 0.05) is 7.05 Å². The fourth-order valence-electron chi connectivity index (χ4n) is 3.59. The summed E-state index contributed by atoms with van der Waals surface area (Å²) in [6.45, 7) is -0.612. The molecule has 1 heterocycles. The van der Waals surface area contributed by atoms with Crippen LogP contribution in [0.25, 0.3) is 0 Å². The molecule has 1 aliphatic rings. The molecule has 0 radical (unpaired) electrons. The van der Waals surface area contributed by atoms with Gasteiger partial charge in [-0.2, -0.15) is 0 Å². The quantitative estimate of drug-likeness (QED) is 0.594. The number of ether oxygens (including phenoxy) is 1. The molecule has 3 rings (SSSR count). The molecule has 0 amide bonds. The third-order valence-electron chi connectivity index (χ3n) is 5.16. The van der Waals surface area contributed by atoms with Crippen molar-refractivity contribution in [3.63, 3.8) is 0 Å². The molecule has 1 fully saturated rings. The van der Waals surface area contributed by atoms with Gasteiger partial charge in [0.05, 0.1) is 5.41 Å². The van der Waals surface area contributed by atoms with E-state index in [1.165, 1.54) is 7.05 Å². The van der Waals surface area contributed by atoms with E-state index in [-0.39, 0.29) is 11.4 Å². The Bertz CT molecular complexity index is 985. The highest BCUT2D eigenvalue weighted by Crippen LogP contribution is 2.42. The largest absolute Gasteiger partial charge is 0.457 e. The van der Waals surface area contributed by atoms with Crippen molar-refractivity contribution in [1.29, 1.82) is 0 Å². The van der Waals surface area contributed by atoms with E-state index in [0.29, 0.717) is 12.8 Å². The number of hydrogen-bond acceptors (Lipinski definition) is 6. The highest BCUT2D eigenvalue weighted by molar-refractivity contribution is 6.01. The van der Waals surface area contributed by atoms with E-state index in [1.54, 1.807) is 0 Å². The van der Waals surface area contributed by atoms with Gasteiger partial charge in [0.25, 0.3) is 5.56 Å². The monoisotopic (exact) mass is 371 g/mol. The van der Waals surface area contributed by atoms with Crippen molar-refractivity contribution in [2.75, 3.05) is 12.3 Å². The Morgan fingerprint density at radius 3 is 2.44 bits per heavy atom. The summed E-state index contributed by atoms with van der Waals surface area (Å²) in [6.07, 6.45) is 3.08. The van der Waals surface area contributed by atoms with Gasteiger partial charge in [-0.25, -0.2) is 4.79 Å². The summed E-state index contributed by atoms with van der Waals surface area (Å²) in [7, 11) is 1.33. The minimum Gasteiger partial charge on any atom is -0.457 e. The number of ketones is 1. The van der Waals surface area contributed by atoms with Gasteiger partial charge in [0.15, 0.2) is 6.61 Å². The maximum absolute atomic E-state index is 12.8. The third-order valence-corrected chi connectivity index (χ3v) is 5.16. The van der Waals surface area contributed by atoms with E-state index in [2.05, 4.69) is 0 Å². The Morgan fingerprint density at radius 2 is 1.81 bits per heavy atom. The van der Waals surface area contributed by atoms with Crippen LogP contribution >= 0.6 is 0 Å². The van der Waals surface area contributed by atoms with Crippen LogP contribution in [0.4, 0.5) is 5.82 Å². The second kappa shape index (κ2) is 7.22. The van der Waals surface area contributed by atoms with Crippen molar-refractivity contribution in [3.8, 4) is 0 Å². The smallest absolute Gasteiger partial charge is 0.329 e. The molecule has 0 saturated heterocycles. The van der Waals surface area contributed by atoms with Gasteiger partial charge in [0.2, 0.25) is 5.78 Å². The number of benzene rings is 1. The summed E-state index contributed by atoms with van der Waals surface area (Å²) in [6, 6.07) is 9.35. The lowest BCUT2D eigenvalue weighted by atomic mass is 9.79. The maximum atomic E-state index is 12.8. The van der Waals surface area contributed by atoms with Crippen LogP contribution < -0.4 is 17.0 Å². The van der Waals surface area contributed by atoms with E-state index in [9.17, 15) is 19.2 Å². The summed E-state index contributed by atoms with van der Waals surface area (Å²) in [5.74, 6) is -1.50. The molecule has 3 N–H and O–H groups in total. The number of Topliss-reactive ketones (excluding diaryl/α,β-unsaturated/α-hetero) is 1. The zero-order chi connectivity index (χ0) is 19.6. The van der Waals surface area contributed by atoms with Crippen LogP contribution in [0.2, 0.25) is 0 Å². The van der Waals surface area contributed by atoms with Gasteiger partial charge in [-0.05, 0) is 18.4 Å². The van der Waals surface area contributed by atoms with Crippen LogP contribution in [0.15, 0.2) is 39.9 Å². The van der Waals surface area contributed by atoms with Crippen molar-refractivity contribution in [3.05, 3.63) is 62.3 Å². The number of esters is 1. The van der Waals surface area contributed by atoms with E-state index < -0.39 is 35.0 Å². The van der Waals surface area contributed by atoms with E-state index >= 15 is 0 Å². The molecule has 0 spiro atoms. The predicted octanol–water partition coefficient (Wildman–Crippen LogP) is 0.894. The van der Waals surface area contributed by atoms with Crippen molar-refractivity contribution < 1.29 is 14.3 Å². The molecule has 1 aromatic heterocycles. The van der Waals surface area contributed by atoms with Crippen LogP contribution in [0.3, 0.4) is 0 Å². The van der Waals surface area contributed by atoms with Crippen molar-refractivity contribution in [2.45, 2.75) is 31.1 Å². The summed E-state index contributed by atoms with van der Waals surface area (Å²) in [5, 5.41) is 0. The van der Waals surface area contributed by atoms with Crippen LogP contribution in [-0.4, -0.2) is 27.9 Å². The van der Waals surface area contributed by atoms with Gasteiger partial charge in [-0.3, -0.25) is 23.9 Å². The predicted molar refractivity (Wildman–Crippen MR) is 98.6 cm³/mol. The third kappa shape index (κ3) is 3.30. The number of nitrogens with zero attached hydrogens (tertiary/aromatic N) is 1. The van der Waals surface area contributed by atoms with Gasteiger partial charge in [-0.1, -0.05) is 43.2 Å². The molecule has 2 aromatic rings. The minimum atomic E-state index is -0.893. The van der Waals surface area contributed by atoms with Crippen LogP contribution in [0.5, 0.6) is 0 Å². The first kappa shape index (κ1) is 18.6. The lowest BCUT2D eigenvalue weighted by Gasteiger charge is -2.27. The number of anilines is 1. The number of nitrogens with two attached hydrogens (primary N) is 1. The summed E-state index contributed by atoms with van der Waals surface area (Å²) in [4.78, 5) is 50.7. The molecule has 0 bridgehead atoms. The number of nitrogens with one attached hydrogen (secondary N) is 1. The SMILES string of the molecule is Cn1c(N)c(C(=O)COC(=O)C2(c3ccccc3)CCCC2)c(=O)[nH]c1=O. The Balaban J connectivity index is 1.81. The van der Waals surface area contributed by atoms with Gasteiger partial charge < -0.3 is 10.5 Å². The lowest BCUT2D eigenvalue weighted by Crippen LogP contribution is -2.38. The number of carbonyl (C=O) groups is 2. The Labute approximate surface area is 155 Å². The van der Waals surface area contributed by atoms with Crippen LogP contribution in [0, 0.1) is 0 Å². The van der Waals surface area contributed by atoms with Crippen LogP contribution in [-0.2, 0) is 22.0 Å². The number of aromatic nitrogens is 2. The average Bonchev–Trinajstić information content (AvgIpc) is 3.16. The number of H-pyrrole nitrogens is 1. The van der Waals surface area contributed by atoms with E-state index in [1.807, 2.05) is 35.3 Å².